The number of benzene rings is 1. The number of thiocyanates is 1. The van der Waals surface area contributed by atoms with E-state index < -0.39 is 0 Å². The molecule has 94 valence electrons. The van der Waals surface area contributed by atoms with Crippen molar-refractivity contribution in [3.05, 3.63) is 47.5 Å². The molecule has 1 heterocycles. The number of aromatic nitrogens is 1. The molecule has 0 unspecified atom stereocenters. The minimum atomic E-state index is -0.151. The summed E-state index contributed by atoms with van der Waals surface area (Å²) in [5.41, 5.74) is 3.50. The van der Waals surface area contributed by atoms with Crippen molar-refractivity contribution in [1.82, 2.24) is 4.98 Å². The van der Waals surface area contributed by atoms with E-state index in [1.54, 1.807) is 18.5 Å². The molecule has 0 saturated heterocycles. The summed E-state index contributed by atoms with van der Waals surface area (Å²) in [4.78, 5) is 4.88. The highest BCUT2D eigenvalue weighted by molar-refractivity contribution is 8.03. The molecule has 1 aliphatic rings. The Balaban J connectivity index is 2.25. The summed E-state index contributed by atoms with van der Waals surface area (Å²) < 4.78 is 14.1. The Morgan fingerprint density at radius 3 is 2.68 bits per heavy atom. The number of nitriles is 1. The van der Waals surface area contributed by atoms with Crippen molar-refractivity contribution in [3.8, 4) is 16.5 Å². The molecule has 2 aromatic rings. The highest BCUT2D eigenvalue weighted by atomic mass is 32.2. The largest absolute Gasteiger partial charge is 0.265 e. The van der Waals surface area contributed by atoms with Gasteiger partial charge in [0, 0.05) is 17.3 Å². The maximum absolute atomic E-state index is 14.1. The molecule has 0 atom stereocenters. The van der Waals surface area contributed by atoms with E-state index in [2.05, 4.69) is 10.4 Å². The van der Waals surface area contributed by atoms with Gasteiger partial charge in [0.05, 0.1) is 0 Å². The molecule has 19 heavy (non-hydrogen) atoms. The second-order valence-electron chi connectivity index (χ2n) is 4.47. The van der Waals surface area contributed by atoms with Gasteiger partial charge in [-0.15, -0.1) is 0 Å². The molecule has 0 amide bonds. The normalized spacial score (nSPS) is 13.1. The van der Waals surface area contributed by atoms with Crippen molar-refractivity contribution in [2.75, 3.05) is 0 Å². The van der Waals surface area contributed by atoms with Crippen molar-refractivity contribution in [2.45, 2.75) is 24.2 Å². The number of fused-ring (bicyclic) bond motifs is 1. The quantitative estimate of drug-likeness (QED) is 0.612. The van der Waals surface area contributed by atoms with E-state index in [-0.39, 0.29) is 5.82 Å². The SMILES string of the molecule is N#CSc1c(-c2ccncc2)cc(F)c2c1CCC2. The first-order valence-corrected chi connectivity index (χ1v) is 6.93. The molecule has 0 aliphatic heterocycles. The van der Waals surface area contributed by atoms with E-state index in [9.17, 15) is 4.39 Å². The summed E-state index contributed by atoms with van der Waals surface area (Å²) in [5.74, 6) is -0.151. The van der Waals surface area contributed by atoms with Crippen molar-refractivity contribution in [2.24, 2.45) is 0 Å². The lowest BCUT2D eigenvalue weighted by molar-refractivity contribution is 0.612. The van der Waals surface area contributed by atoms with Crippen LogP contribution in [0, 0.1) is 16.5 Å². The van der Waals surface area contributed by atoms with Crippen LogP contribution in [0.3, 0.4) is 0 Å². The van der Waals surface area contributed by atoms with E-state index >= 15 is 0 Å². The van der Waals surface area contributed by atoms with E-state index in [0.29, 0.717) is 0 Å². The molecule has 4 heteroatoms. The van der Waals surface area contributed by atoms with Gasteiger partial charge in [0.2, 0.25) is 0 Å². The number of hydrogen-bond acceptors (Lipinski definition) is 3. The van der Waals surface area contributed by atoms with Gasteiger partial charge in [0.15, 0.2) is 0 Å². The van der Waals surface area contributed by atoms with E-state index in [4.69, 9.17) is 5.26 Å². The zero-order chi connectivity index (χ0) is 13.2. The minimum Gasteiger partial charge on any atom is -0.265 e. The lowest BCUT2D eigenvalue weighted by Crippen LogP contribution is -1.95. The van der Waals surface area contributed by atoms with Crippen LogP contribution < -0.4 is 0 Å². The summed E-state index contributed by atoms with van der Waals surface area (Å²) in [6.07, 6.45) is 5.96. The third-order valence-corrected chi connectivity index (χ3v) is 4.20. The molecule has 0 N–H and O–H groups in total. The molecule has 0 radical (unpaired) electrons. The minimum absolute atomic E-state index is 0.151. The first-order chi connectivity index (χ1) is 9.31. The molecule has 0 fully saturated rings. The number of hydrogen-bond donors (Lipinski definition) is 0. The molecule has 0 spiro atoms. The molecule has 0 bridgehead atoms. The fraction of sp³-hybridized carbons (Fsp3) is 0.200. The van der Waals surface area contributed by atoms with Gasteiger partial charge in [-0.1, -0.05) is 0 Å². The first kappa shape index (κ1) is 12.2. The Morgan fingerprint density at radius 1 is 1.21 bits per heavy atom. The van der Waals surface area contributed by atoms with Gasteiger partial charge in [-0.05, 0) is 71.5 Å². The smallest absolute Gasteiger partial charge is 0.138 e. The number of thioether (sulfide) groups is 1. The Kier molecular flexibility index (Phi) is 3.22. The zero-order valence-electron chi connectivity index (χ0n) is 10.2. The summed E-state index contributed by atoms with van der Waals surface area (Å²) in [5, 5.41) is 11.1. The molecule has 3 rings (SSSR count). The van der Waals surface area contributed by atoms with Crippen molar-refractivity contribution in [1.29, 1.82) is 5.26 Å². The summed E-state index contributed by atoms with van der Waals surface area (Å²) in [6, 6.07) is 5.24. The molecule has 0 saturated carbocycles. The standard InChI is InChI=1S/C15H11FN2S/c16-14-8-13(10-4-6-18-7-5-10)15(19-9-17)12-3-1-2-11(12)14/h4-8H,1-3H2. The van der Waals surface area contributed by atoms with Crippen LogP contribution in [0.2, 0.25) is 0 Å². The Hall–Kier alpha value is -1.86. The lowest BCUT2D eigenvalue weighted by atomic mass is 10.0. The fourth-order valence-corrected chi connectivity index (χ4v) is 3.33. The fourth-order valence-electron chi connectivity index (χ4n) is 2.61. The van der Waals surface area contributed by atoms with Crippen molar-refractivity contribution >= 4 is 11.8 Å². The van der Waals surface area contributed by atoms with Crippen molar-refractivity contribution < 1.29 is 4.39 Å². The van der Waals surface area contributed by atoms with Crippen LogP contribution in [0.25, 0.3) is 11.1 Å². The molecular weight excluding hydrogens is 259 g/mol. The van der Waals surface area contributed by atoms with Gasteiger partial charge < -0.3 is 0 Å². The van der Waals surface area contributed by atoms with Gasteiger partial charge in [0.1, 0.15) is 11.2 Å². The van der Waals surface area contributed by atoms with Crippen LogP contribution in [-0.4, -0.2) is 4.98 Å². The number of rotatable bonds is 2. The Morgan fingerprint density at radius 2 is 1.95 bits per heavy atom. The van der Waals surface area contributed by atoms with E-state index in [1.165, 1.54) is 0 Å². The third kappa shape index (κ3) is 2.11. The first-order valence-electron chi connectivity index (χ1n) is 6.12. The number of pyridine rings is 1. The molecular formula is C15H11FN2S. The van der Waals surface area contributed by atoms with Crippen LogP contribution in [0.4, 0.5) is 4.39 Å². The second kappa shape index (κ2) is 5.02. The molecule has 1 aromatic carbocycles. The van der Waals surface area contributed by atoms with E-state index in [1.807, 2.05) is 12.1 Å². The van der Waals surface area contributed by atoms with Crippen LogP contribution in [-0.2, 0) is 12.8 Å². The molecule has 2 nitrogen and oxygen atoms in total. The highest BCUT2D eigenvalue weighted by Gasteiger charge is 2.23. The second-order valence-corrected chi connectivity index (χ2v) is 5.27. The van der Waals surface area contributed by atoms with E-state index in [0.717, 1.165) is 58.2 Å². The predicted octanol–water partition coefficient (Wildman–Crippen LogP) is 3.95. The zero-order valence-corrected chi connectivity index (χ0v) is 11.0. The van der Waals surface area contributed by atoms with Gasteiger partial charge in [-0.2, -0.15) is 5.26 Å². The summed E-state index contributed by atoms with van der Waals surface area (Å²) in [7, 11) is 0. The van der Waals surface area contributed by atoms with Gasteiger partial charge in [-0.3, -0.25) is 4.98 Å². The predicted molar refractivity (Wildman–Crippen MR) is 73.1 cm³/mol. The topological polar surface area (TPSA) is 36.7 Å². The monoisotopic (exact) mass is 270 g/mol. The van der Waals surface area contributed by atoms with Crippen LogP contribution in [0.5, 0.6) is 0 Å². The maximum atomic E-state index is 14.1. The average Bonchev–Trinajstić information content (AvgIpc) is 2.93. The Bertz CT molecular complexity index is 662. The number of nitrogens with zero attached hydrogens (tertiary/aromatic N) is 2. The van der Waals surface area contributed by atoms with Crippen LogP contribution in [0.1, 0.15) is 17.5 Å². The average molecular weight is 270 g/mol. The highest BCUT2D eigenvalue weighted by Crippen LogP contribution is 2.40. The van der Waals surface area contributed by atoms with Crippen LogP contribution in [0.15, 0.2) is 35.5 Å². The summed E-state index contributed by atoms with van der Waals surface area (Å²) >= 11 is 1.13. The van der Waals surface area contributed by atoms with Crippen molar-refractivity contribution in [3.63, 3.8) is 0 Å². The maximum Gasteiger partial charge on any atom is 0.138 e. The van der Waals surface area contributed by atoms with Crippen LogP contribution >= 0.6 is 11.8 Å². The summed E-state index contributed by atoms with van der Waals surface area (Å²) in [6.45, 7) is 0. The third-order valence-electron chi connectivity index (χ3n) is 3.43. The number of halogens is 1. The van der Waals surface area contributed by atoms with Gasteiger partial charge >= 0.3 is 0 Å². The Labute approximate surface area is 115 Å². The van der Waals surface area contributed by atoms with Gasteiger partial charge in [0.25, 0.3) is 0 Å². The molecule has 1 aromatic heterocycles. The van der Waals surface area contributed by atoms with Gasteiger partial charge in [-0.25, -0.2) is 4.39 Å². The lowest BCUT2D eigenvalue weighted by Gasteiger charge is -2.12. The molecule has 1 aliphatic carbocycles.